The molecule has 1 N–H and O–H groups in total. The number of nitrogens with one attached hydrogen (secondary N) is 1. The molecule has 0 radical (unpaired) electrons. The highest BCUT2D eigenvalue weighted by Crippen LogP contribution is 2.10. The number of carbonyl (C=O) groups is 1. The van der Waals surface area contributed by atoms with Crippen molar-refractivity contribution in [2.24, 2.45) is 0 Å². The van der Waals surface area contributed by atoms with Gasteiger partial charge >= 0.3 is 0 Å². The van der Waals surface area contributed by atoms with Crippen molar-refractivity contribution in [2.75, 3.05) is 6.54 Å². The van der Waals surface area contributed by atoms with Crippen LogP contribution in [0, 0.1) is 5.82 Å². The minimum Gasteiger partial charge on any atom is -0.354 e. The minimum atomic E-state index is -0.366. The van der Waals surface area contributed by atoms with Crippen LogP contribution in [0.1, 0.15) is 24.0 Å². The molecule has 2 aromatic carbocycles. The van der Waals surface area contributed by atoms with Gasteiger partial charge in [-0.2, -0.15) is 5.10 Å². The van der Waals surface area contributed by atoms with Crippen LogP contribution < -0.4 is 10.9 Å². The van der Waals surface area contributed by atoms with Gasteiger partial charge in [-0.25, -0.2) is 14.1 Å². The lowest BCUT2D eigenvalue weighted by Gasteiger charge is -2.08. The van der Waals surface area contributed by atoms with E-state index in [-0.39, 0.29) is 23.8 Å². The van der Waals surface area contributed by atoms with E-state index < -0.39 is 0 Å². The molecule has 2 aromatic heterocycles. The van der Waals surface area contributed by atoms with E-state index in [2.05, 4.69) is 27.5 Å². The number of fused-ring (bicyclic) bond motifs is 1. The van der Waals surface area contributed by atoms with E-state index in [4.69, 9.17) is 0 Å². The highest BCUT2D eigenvalue weighted by Gasteiger charge is 2.12. The molecule has 0 unspecified atom stereocenters. The summed E-state index contributed by atoms with van der Waals surface area (Å²) in [4.78, 5) is 29.2. The summed E-state index contributed by atoms with van der Waals surface area (Å²) in [6.45, 7) is 0.886. The number of hydrogen-bond donors (Lipinski definition) is 1. The fraction of sp³-hybridized carbons (Fsp3) is 0.250. The monoisotopic (exact) mass is 433 g/mol. The third kappa shape index (κ3) is 5.08. The summed E-state index contributed by atoms with van der Waals surface area (Å²) in [7, 11) is 0. The summed E-state index contributed by atoms with van der Waals surface area (Å²) in [5.74, 6) is -0.382. The van der Waals surface area contributed by atoms with Crippen LogP contribution in [-0.4, -0.2) is 31.8 Å². The third-order valence-corrected chi connectivity index (χ3v) is 5.28. The highest BCUT2D eigenvalue weighted by molar-refractivity contribution is 5.76. The van der Waals surface area contributed by atoms with Crippen molar-refractivity contribution in [1.82, 2.24) is 24.6 Å². The second-order valence-corrected chi connectivity index (χ2v) is 7.56. The fourth-order valence-corrected chi connectivity index (χ4v) is 3.57. The standard InChI is InChI=1S/C24H24FN5O2/c25-21-11-5-4-10-19(21)16-29-17-27-23-20(24(29)32)15-28-30(23)14-13-26-22(31)12-6-9-18-7-2-1-3-8-18/h1-5,7-8,10-11,15,17H,6,9,12-14,16H2,(H,26,31). The van der Waals surface area contributed by atoms with Gasteiger partial charge in [0.05, 0.1) is 19.3 Å². The lowest BCUT2D eigenvalue weighted by Crippen LogP contribution is -2.27. The number of halogens is 1. The molecule has 164 valence electrons. The van der Waals surface area contributed by atoms with Gasteiger partial charge in [-0.1, -0.05) is 48.5 Å². The van der Waals surface area contributed by atoms with Crippen LogP contribution in [0.25, 0.3) is 11.0 Å². The Balaban J connectivity index is 1.32. The number of amides is 1. The van der Waals surface area contributed by atoms with Crippen LogP contribution in [0.2, 0.25) is 0 Å². The summed E-state index contributed by atoms with van der Waals surface area (Å²) >= 11 is 0. The number of nitrogens with zero attached hydrogens (tertiary/aromatic N) is 4. The van der Waals surface area contributed by atoms with E-state index in [0.29, 0.717) is 36.1 Å². The Kier molecular flexibility index (Phi) is 6.69. The van der Waals surface area contributed by atoms with Crippen molar-refractivity contribution in [1.29, 1.82) is 0 Å². The zero-order valence-corrected chi connectivity index (χ0v) is 17.6. The van der Waals surface area contributed by atoms with Gasteiger partial charge in [0.25, 0.3) is 5.56 Å². The lowest BCUT2D eigenvalue weighted by atomic mass is 10.1. The Hall–Kier alpha value is -3.81. The number of aromatic nitrogens is 4. The van der Waals surface area contributed by atoms with Crippen molar-refractivity contribution in [2.45, 2.75) is 32.4 Å². The average molecular weight is 433 g/mol. The van der Waals surface area contributed by atoms with Crippen LogP contribution in [0.4, 0.5) is 4.39 Å². The Morgan fingerprint density at radius 2 is 1.84 bits per heavy atom. The quantitative estimate of drug-likeness (QED) is 0.440. The molecule has 0 aliphatic heterocycles. The molecule has 2 heterocycles. The highest BCUT2D eigenvalue weighted by atomic mass is 19.1. The van der Waals surface area contributed by atoms with E-state index in [1.807, 2.05) is 18.2 Å². The van der Waals surface area contributed by atoms with Crippen molar-refractivity contribution in [3.63, 3.8) is 0 Å². The van der Waals surface area contributed by atoms with Crippen LogP contribution >= 0.6 is 0 Å². The number of benzene rings is 2. The maximum Gasteiger partial charge on any atom is 0.264 e. The molecule has 0 aliphatic rings. The molecule has 0 fully saturated rings. The molecule has 7 nitrogen and oxygen atoms in total. The maximum atomic E-state index is 13.9. The predicted octanol–water partition coefficient (Wildman–Crippen LogP) is 2.92. The van der Waals surface area contributed by atoms with Gasteiger partial charge in [-0.3, -0.25) is 14.2 Å². The maximum absolute atomic E-state index is 13.9. The molecule has 32 heavy (non-hydrogen) atoms. The van der Waals surface area contributed by atoms with Crippen molar-refractivity contribution >= 4 is 16.9 Å². The summed E-state index contributed by atoms with van der Waals surface area (Å²) < 4.78 is 16.9. The minimum absolute atomic E-state index is 0.0161. The molecule has 0 aliphatic carbocycles. The number of hydrogen-bond acceptors (Lipinski definition) is 4. The van der Waals surface area contributed by atoms with Gasteiger partial charge in [-0.05, 0) is 24.5 Å². The van der Waals surface area contributed by atoms with Crippen molar-refractivity contribution in [3.05, 3.63) is 94.4 Å². The van der Waals surface area contributed by atoms with Crippen LogP contribution in [0.5, 0.6) is 0 Å². The van der Waals surface area contributed by atoms with Gasteiger partial charge in [-0.15, -0.1) is 0 Å². The zero-order chi connectivity index (χ0) is 22.3. The van der Waals surface area contributed by atoms with Crippen LogP contribution in [-0.2, 0) is 24.3 Å². The molecule has 4 aromatic rings. The molecule has 1 amide bonds. The predicted molar refractivity (Wildman–Crippen MR) is 120 cm³/mol. The van der Waals surface area contributed by atoms with E-state index in [1.165, 1.54) is 28.7 Å². The largest absolute Gasteiger partial charge is 0.354 e. The molecule has 0 saturated carbocycles. The number of rotatable bonds is 9. The van der Waals surface area contributed by atoms with Gasteiger partial charge in [0, 0.05) is 18.5 Å². The Morgan fingerprint density at radius 1 is 1.06 bits per heavy atom. The normalized spacial score (nSPS) is 11.0. The second-order valence-electron chi connectivity index (χ2n) is 7.56. The first-order chi connectivity index (χ1) is 15.6. The summed E-state index contributed by atoms with van der Waals surface area (Å²) in [5, 5.41) is 7.48. The molecule has 0 bridgehead atoms. The van der Waals surface area contributed by atoms with Gasteiger partial charge in [0.2, 0.25) is 5.91 Å². The smallest absolute Gasteiger partial charge is 0.264 e. The van der Waals surface area contributed by atoms with Gasteiger partial charge in [0.15, 0.2) is 5.65 Å². The second kappa shape index (κ2) is 10.00. The number of carbonyl (C=O) groups excluding carboxylic acids is 1. The lowest BCUT2D eigenvalue weighted by molar-refractivity contribution is -0.121. The summed E-state index contributed by atoms with van der Waals surface area (Å²) in [6, 6.07) is 16.4. The van der Waals surface area contributed by atoms with Crippen molar-refractivity contribution < 1.29 is 9.18 Å². The molecule has 8 heteroatoms. The SMILES string of the molecule is O=C(CCCc1ccccc1)NCCn1ncc2c(=O)n(Cc3ccccc3F)cnc21. The first-order valence-corrected chi connectivity index (χ1v) is 10.6. The average Bonchev–Trinajstić information content (AvgIpc) is 3.21. The van der Waals surface area contributed by atoms with Gasteiger partial charge in [0.1, 0.15) is 17.5 Å². The Morgan fingerprint density at radius 3 is 2.66 bits per heavy atom. The fourth-order valence-electron chi connectivity index (χ4n) is 3.57. The zero-order valence-electron chi connectivity index (χ0n) is 17.6. The Labute approximate surface area is 184 Å². The van der Waals surface area contributed by atoms with Crippen LogP contribution in [0.3, 0.4) is 0 Å². The summed E-state index contributed by atoms with van der Waals surface area (Å²) in [6.07, 6.45) is 4.96. The number of aryl methyl sites for hydroxylation is 1. The van der Waals surface area contributed by atoms with E-state index in [1.54, 1.807) is 22.9 Å². The van der Waals surface area contributed by atoms with E-state index in [9.17, 15) is 14.0 Å². The first-order valence-electron chi connectivity index (χ1n) is 10.6. The molecular formula is C24H24FN5O2. The Bertz CT molecular complexity index is 1270. The summed E-state index contributed by atoms with van der Waals surface area (Å²) in [5.41, 5.74) is 1.79. The molecule has 0 spiro atoms. The topological polar surface area (TPSA) is 81.8 Å². The third-order valence-electron chi connectivity index (χ3n) is 5.28. The first kappa shape index (κ1) is 21.4. The van der Waals surface area contributed by atoms with E-state index in [0.717, 1.165) is 12.8 Å². The van der Waals surface area contributed by atoms with E-state index >= 15 is 0 Å². The molecule has 0 atom stereocenters. The molecular weight excluding hydrogens is 409 g/mol. The molecule has 4 rings (SSSR count). The van der Waals surface area contributed by atoms with Gasteiger partial charge < -0.3 is 5.32 Å². The molecule has 0 saturated heterocycles. The van der Waals surface area contributed by atoms with Crippen molar-refractivity contribution in [3.8, 4) is 0 Å². The van der Waals surface area contributed by atoms with Crippen LogP contribution in [0.15, 0.2) is 71.9 Å².